The Balaban J connectivity index is 2.07. The second-order valence-corrected chi connectivity index (χ2v) is 5.08. The molecule has 1 aliphatic heterocycles. The summed E-state index contributed by atoms with van der Waals surface area (Å²) in [7, 11) is 0. The summed E-state index contributed by atoms with van der Waals surface area (Å²) in [5.74, 6) is 0.715. The second kappa shape index (κ2) is 3.23. The Morgan fingerprint density at radius 2 is 2.21 bits per heavy atom. The maximum absolute atomic E-state index is 12.1. The van der Waals surface area contributed by atoms with E-state index in [-0.39, 0.29) is 24.0 Å². The van der Waals surface area contributed by atoms with E-state index in [1.165, 1.54) is 0 Å². The molecule has 0 bridgehead atoms. The maximum Gasteiger partial charge on any atom is 0.228 e. The lowest BCUT2D eigenvalue weighted by Gasteiger charge is -2.27. The average Bonchev–Trinajstić information content (AvgIpc) is 2.79. The van der Waals surface area contributed by atoms with Crippen LogP contribution in [0.5, 0.6) is 0 Å². The topological polar surface area (TPSA) is 40.5 Å². The van der Waals surface area contributed by atoms with E-state index >= 15 is 0 Å². The van der Waals surface area contributed by atoms with Crippen LogP contribution in [0.25, 0.3) is 0 Å². The molecule has 0 spiro atoms. The summed E-state index contributed by atoms with van der Waals surface area (Å²) >= 11 is 0. The zero-order chi connectivity index (χ0) is 10.3. The van der Waals surface area contributed by atoms with Gasteiger partial charge < -0.3 is 10.0 Å². The highest BCUT2D eigenvalue weighted by Gasteiger charge is 2.49. The zero-order valence-corrected chi connectivity index (χ0v) is 8.99. The summed E-state index contributed by atoms with van der Waals surface area (Å²) in [5, 5.41) is 9.25. The predicted molar refractivity (Wildman–Crippen MR) is 53.7 cm³/mol. The number of amides is 1. The van der Waals surface area contributed by atoms with Crippen molar-refractivity contribution < 1.29 is 9.90 Å². The Morgan fingerprint density at radius 3 is 2.71 bits per heavy atom. The largest absolute Gasteiger partial charge is 0.394 e. The van der Waals surface area contributed by atoms with Crippen molar-refractivity contribution in [2.24, 2.45) is 11.3 Å². The number of carbonyl (C=O) groups is 1. The van der Waals surface area contributed by atoms with Crippen molar-refractivity contribution >= 4 is 5.91 Å². The van der Waals surface area contributed by atoms with Crippen LogP contribution in [0.1, 0.15) is 33.1 Å². The fourth-order valence-corrected chi connectivity index (χ4v) is 2.29. The molecule has 0 radical (unpaired) electrons. The van der Waals surface area contributed by atoms with Gasteiger partial charge in [0, 0.05) is 12.0 Å². The van der Waals surface area contributed by atoms with E-state index < -0.39 is 0 Å². The van der Waals surface area contributed by atoms with Gasteiger partial charge in [0.05, 0.1) is 12.6 Å². The van der Waals surface area contributed by atoms with Crippen molar-refractivity contribution in [1.29, 1.82) is 0 Å². The Labute approximate surface area is 85.1 Å². The van der Waals surface area contributed by atoms with Gasteiger partial charge in [0.25, 0.3) is 0 Å². The number of rotatable bonds is 2. The molecule has 1 saturated carbocycles. The average molecular weight is 197 g/mol. The molecule has 2 unspecified atom stereocenters. The monoisotopic (exact) mass is 197 g/mol. The fourth-order valence-electron chi connectivity index (χ4n) is 2.29. The number of aliphatic hydroxyl groups excluding tert-OH is 1. The van der Waals surface area contributed by atoms with Crippen LogP contribution in [0.4, 0.5) is 0 Å². The first-order valence-corrected chi connectivity index (χ1v) is 5.50. The van der Waals surface area contributed by atoms with Crippen LogP contribution in [0, 0.1) is 11.3 Å². The van der Waals surface area contributed by atoms with Gasteiger partial charge >= 0.3 is 0 Å². The second-order valence-electron chi connectivity index (χ2n) is 5.08. The molecule has 2 atom stereocenters. The Morgan fingerprint density at radius 1 is 1.57 bits per heavy atom. The Bertz CT molecular complexity index is 248. The van der Waals surface area contributed by atoms with Crippen LogP contribution in [-0.4, -0.2) is 35.1 Å². The van der Waals surface area contributed by atoms with E-state index in [4.69, 9.17) is 0 Å². The molecule has 1 aliphatic carbocycles. The molecule has 1 heterocycles. The summed E-state index contributed by atoms with van der Waals surface area (Å²) in [4.78, 5) is 14.0. The fraction of sp³-hybridized carbons (Fsp3) is 0.909. The minimum Gasteiger partial charge on any atom is -0.394 e. The van der Waals surface area contributed by atoms with Gasteiger partial charge in [-0.15, -0.1) is 0 Å². The van der Waals surface area contributed by atoms with Crippen LogP contribution in [0.3, 0.4) is 0 Å². The zero-order valence-electron chi connectivity index (χ0n) is 8.99. The van der Waals surface area contributed by atoms with E-state index in [9.17, 15) is 9.90 Å². The third-order valence-corrected chi connectivity index (χ3v) is 3.85. The third-order valence-electron chi connectivity index (χ3n) is 3.85. The lowest BCUT2D eigenvalue weighted by Crippen LogP contribution is -2.43. The number of carbonyl (C=O) groups excluding carboxylic acids is 1. The minimum atomic E-state index is -0.0858. The summed E-state index contributed by atoms with van der Waals surface area (Å²) in [6.07, 6.45) is 3.08. The molecule has 0 aromatic rings. The highest BCUT2D eigenvalue weighted by atomic mass is 16.3. The summed E-state index contributed by atoms with van der Waals surface area (Å²) in [6, 6.07) is 0.0694. The first-order chi connectivity index (χ1) is 6.58. The molecule has 14 heavy (non-hydrogen) atoms. The molecule has 0 aromatic carbocycles. The van der Waals surface area contributed by atoms with Gasteiger partial charge in [-0.25, -0.2) is 0 Å². The molecule has 1 saturated heterocycles. The number of aliphatic hydroxyl groups is 1. The molecule has 80 valence electrons. The standard InChI is InChI=1S/C11H19NO2/c1-8-3-6-12(9(8)7-13)10(14)11(2)4-5-11/h8-9,13H,3-7H2,1-2H3. The van der Waals surface area contributed by atoms with Crippen LogP contribution in [-0.2, 0) is 4.79 Å². The quantitative estimate of drug-likeness (QED) is 0.718. The summed E-state index contributed by atoms with van der Waals surface area (Å²) in [5.41, 5.74) is -0.0858. The highest BCUT2D eigenvalue weighted by Crippen LogP contribution is 2.47. The van der Waals surface area contributed by atoms with Gasteiger partial charge in [0.2, 0.25) is 5.91 Å². The van der Waals surface area contributed by atoms with Gasteiger partial charge in [0.1, 0.15) is 0 Å². The van der Waals surface area contributed by atoms with Crippen molar-refractivity contribution in [2.75, 3.05) is 13.2 Å². The molecule has 3 heteroatoms. The lowest BCUT2D eigenvalue weighted by molar-refractivity contribution is -0.138. The van der Waals surface area contributed by atoms with Crippen molar-refractivity contribution in [2.45, 2.75) is 39.2 Å². The van der Waals surface area contributed by atoms with Gasteiger partial charge in [-0.1, -0.05) is 13.8 Å². The van der Waals surface area contributed by atoms with E-state index in [2.05, 4.69) is 6.92 Å². The van der Waals surface area contributed by atoms with Crippen molar-refractivity contribution in [3.05, 3.63) is 0 Å². The number of hydrogen-bond acceptors (Lipinski definition) is 2. The molecule has 2 fully saturated rings. The van der Waals surface area contributed by atoms with Crippen LogP contribution < -0.4 is 0 Å². The van der Waals surface area contributed by atoms with Crippen LogP contribution in [0.15, 0.2) is 0 Å². The molecule has 1 N–H and O–H groups in total. The predicted octanol–water partition coefficient (Wildman–Crippen LogP) is 1.02. The van der Waals surface area contributed by atoms with E-state index in [1.54, 1.807) is 0 Å². The summed E-state index contributed by atoms with van der Waals surface area (Å²) < 4.78 is 0. The Hall–Kier alpha value is -0.570. The minimum absolute atomic E-state index is 0.0694. The molecule has 2 rings (SSSR count). The highest BCUT2D eigenvalue weighted by molar-refractivity contribution is 5.85. The lowest BCUT2D eigenvalue weighted by atomic mass is 10.0. The van der Waals surface area contributed by atoms with Crippen molar-refractivity contribution in [3.63, 3.8) is 0 Å². The first kappa shape index (κ1) is 9.97. The van der Waals surface area contributed by atoms with Crippen LogP contribution in [0.2, 0.25) is 0 Å². The number of hydrogen-bond donors (Lipinski definition) is 1. The van der Waals surface area contributed by atoms with Crippen LogP contribution >= 0.6 is 0 Å². The van der Waals surface area contributed by atoms with E-state index in [0.717, 1.165) is 25.8 Å². The van der Waals surface area contributed by atoms with Crippen molar-refractivity contribution in [1.82, 2.24) is 4.90 Å². The normalized spacial score (nSPS) is 34.6. The van der Waals surface area contributed by atoms with E-state index in [1.807, 2.05) is 11.8 Å². The molecular formula is C11H19NO2. The third kappa shape index (κ3) is 1.44. The van der Waals surface area contributed by atoms with Crippen molar-refractivity contribution in [3.8, 4) is 0 Å². The number of nitrogens with zero attached hydrogens (tertiary/aromatic N) is 1. The Kier molecular flexibility index (Phi) is 2.30. The maximum atomic E-state index is 12.1. The van der Waals surface area contributed by atoms with E-state index in [0.29, 0.717) is 5.92 Å². The summed E-state index contributed by atoms with van der Waals surface area (Å²) in [6.45, 7) is 5.10. The smallest absolute Gasteiger partial charge is 0.228 e. The van der Waals surface area contributed by atoms with Gasteiger partial charge in [-0.05, 0) is 25.2 Å². The molecule has 3 nitrogen and oxygen atoms in total. The SMILES string of the molecule is CC1CCN(C(=O)C2(C)CC2)C1CO. The number of likely N-dealkylation sites (tertiary alicyclic amines) is 1. The molecule has 2 aliphatic rings. The molecule has 0 aromatic heterocycles. The molecule has 1 amide bonds. The van der Waals surface area contributed by atoms with Gasteiger partial charge in [0.15, 0.2) is 0 Å². The molecular weight excluding hydrogens is 178 g/mol. The van der Waals surface area contributed by atoms with Gasteiger partial charge in [-0.3, -0.25) is 4.79 Å². The van der Waals surface area contributed by atoms with Gasteiger partial charge in [-0.2, -0.15) is 0 Å². The first-order valence-electron chi connectivity index (χ1n) is 5.50.